The van der Waals surface area contributed by atoms with Crippen LogP contribution in [0.2, 0.25) is 0 Å². The van der Waals surface area contributed by atoms with Crippen molar-refractivity contribution in [1.29, 1.82) is 0 Å². The Kier molecular flexibility index (Phi) is 10.7. The third-order valence-corrected chi connectivity index (χ3v) is 8.41. The first-order chi connectivity index (χ1) is 20.8. The molecule has 1 heterocycles. The van der Waals surface area contributed by atoms with E-state index in [1.165, 1.54) is 12.1 Å². The molecular formula is C29H31FN6O6S. The predicted molar refractivity (Wildman–Crippen MR) is 157 cm³/mol. The van der Waals surface area contributed by atoms with E-state index in [-0.39, 0.29) is 36.1 Å². The molecule has 0 aromatic heterocycles. The minimum Gasteiger partial charge on any atom is -0.494 e. The van der Waals surface area contributed by atoms with Gasteiger partial charge in [0.2, 0.25) is 5.90 Å². The van der Waals surface area contributed by atoms with Gasteiger partial charge in [-0.05, 0) is 41.9 Å². The van der Waals surface area contributed by atoms with Crippen molar-refractivity contribution in [2.45, 2.75) is 29.4 Å². The Bertz CT molecular complexity index is 1580. The number of amides is 1. The quantitative estimate of drug-likeness (QED) is 0.0763. The maximum atomic E-state index is 13.9. The molecule has 2 atom stereocenters. The number of rotatable bonds is 15. The number of carbonyl (C=O) groups excluding carboxylic acids is 1. The summed E-state index contributed by atoms with van der Waals surface area (Å²) >= 11 is 0. The average molecular weight is 611 g/mol. The summed E-state index contributed by atoms with van der Waals surface area (Å²) in [6.45, 7) is -0.655. The highest BCUT2D eigenvalue weighted by molar-refractivity contribution is 7.91. The third kappa shape index (κ3) is 7.48. The lowest BCUT2D eigenvalue weighted by Gasteiger charge is -2.31. The summed E-state index contributed by atoms with van der Waals surface area (Å²) in [7, 11) is -3.87. The van der Waals surface area contributed by atoms with Crippen LogP contribution in [0.1, 0.15) is 30.1 Å². The molecular weight excluding hydrogens is 579 g/mol. The van der Waals surface area contributed by atoms with Crippen LogP contribution in [-0.2, 0) is 19.4 Å². The zero-order chi connectivity index (χ0) is 30.7. The topological polar surface area (TPSA) is 175 Å². The van der Waals surface area contributed by atoms with Gasteiger partial charge < -0.3 is 14.6 Å². The molecule has 0 radical (unpaired) electrons. The number of ether oxygens (including phenoxy) is 2. The molecule has 3 N–H and O–H groups in total. The third-order valence-electron chi connectivity index (χ3n) is 6.68. The van der Waals surface area contributed by atoms with Crippen LogP contribution in [0.4, 0.5) is 10.1 Å². The van der Waals surface area contributed by atoms with Crippen LogP contribution in [0, 0.1) is 0 Å². The van der Waals surface area contributed by atoms with Crippen molar-refractivity contribution in [3.05, 3.63) is 100 Å². The number of aliphatic hydroxyl groups excluding tert-OH is 1. The minimum absolute atomic E-state index is 0.00817. The standard InChI is InChI=1S/C29H31FN6O6S/c30-16-17-32-35-28(38)29(15-20-43(39,40)23-7-2-1-3-8-23)26(24-9-4-5-10-25(24)34-36-31)42-27(33-29)21-11-13-22(14-12-21)41-19-6-18-37/h1-5,7-14,26,32,37H,6,15-20H2,(H,35,38)/t26-,29-/m0/s1. The van der Waals surface area contributed by atoms with Gasteiger partial charge in [0.05, 0.1) is 17.3 Å². The summed E-state index contributed by atoms with van der Waals surface area (Å²) in [6, 6.07) is 20.9. The van der Waals surface area contributed by atoms with Gasteiger partial charge in [0.25, 0.3) is 5.91 Å². The number of azide groups is 1. The number of benzene rings is 3. The van der Waals surface area contributed by atoms with E-state index in [1.807, 2.05) is 0 Å². The molecule has 0 unspecified atom stereocenters. The summed E-state index contributed by atoms with van der Waals surface area (Å²) in [4.78, 5) is 21.6. The van der Waals surface area contributed by atoms with E-state index in [4.69, 9.17) is 19.6 Å². The van der Waals surface area contributed by atoms with Crippen molar-refractivity contribution in [3.8, 4) is 5.75 Å². The number of aliphatic imine (C=N–C) groups is 1. The fourth-order valence-corrected chi connectivity index (χ4v) is 5.92. The molecule has 226 valence electrons. The number of hydrazine groups is 1. The van der Waals surface area contributed by atoms with Gasteiger partial charge in [-0.1, -0.05) is 47.6 Å². The Labute approximate surface area is 248 Å². The molecule has 0 bridgehead atoms. The number of nitrogens with zero attached hydrogens (tertiary/aromatic N) is 4. The molecule has 0 saturated heterocycles. The van der Waals surface area contributed by atoms with Crippen LogP contribution < -0.4 is 15.6 Å². The van der Waals surface area contributed by atoms with E-state index in [1.54, 1.807) is 66.7 Å². The van der Waals surface area contributed by atoms with Crippen molar-refractivity contribution in [1.82, 2.24) is 10.9 Å². The lowest BCUT2D eigenvalue weighted by Crippen LogP contribution is -2.53. The zero-order valence-electron chi connectivity index (χ0n) is 23.1. The second-order valence-electron chi connectivity index (χ2n) is 9.49. The number of nitrogens with one attached hydrogen (secondary N) is 2. The van der Waals surface area contributed by atoms with E-state index >= 15 is 0 Å². The Balaban J connectivity index is 1.80. The van der Waals surface area contributed by atoms with E-state index < -0.39 is 39.8 Å². The van der Waals surface area contributed by atoms with E-state index in [0.717, 1.165) is 0 Å². The Morgan fingerprint density at radius 3 is 2.53 bits per heavy atom. The van der Waals surface area contributed by atoms with Crippen LogP contribution in [0.5, 0.6) is 5.75 Å². The second-order valence-corrected chi connectivity index (χ2v) is 11.6. The smallest absolute Gasteiger partial charge is 0.266 e. The number of alkyl halides is 1. The number of aliphatic hydroxyl groups is 1. The highest BCUT2D eigenvalue weighted by Crippen LogP contribution is 2.45. The molecule has 4 rings (SSSR count). The Morgan fingerprint density at radius 2 is 1.84 bits per heavy atom. The van der Waals surface area contributed by atoms with Crippen LogP contribution >= 0.6 is 0 Å². The molecule has 0 saturated carbocycles. The van der Waals surface area contributed by atoms with Gasteiger partial charge in [0.1, 0.15) is 12.4 Å². The van der Waals surface area contributed by atoms with E-state index in [2.05, 4.69) is 20.9 Å². The molecule has 3 aromatic carbocycles. The number of carbonyl (C=O) groups is 1. The van der Waals surface area contributed by atoms with Gasteiger partial charge in [-0.15, -0.1) is 0 Å². The molecule has 1 aliphatic heterocycles. The van der Waals surface area contributed by atoms with Gasteiger partial charge in [-0.2, -0.15) is 0 Å². The fourth-order valence-electron chi connectivity index (χ4n) is 4.53. The summed E-state index contributed by atoms with van der Waals surface area (Å²) in [5.41, 5.74) is 13.2. The molecule has 1 amide bonds. The normalized spacial score (nSPS) is 17.8. The van der Waals surface area contributed by atoms with Crippen LogP contribution in [-0.4, -0.2) is 63.1 Å². The molecule has 0 fully saturated rings. The number of hydrogen-bond acceptors (Lipinski definition) is 9. The fraction of sp³-hybridized carbons (Fsp3) is 0.310. The van der Waals surface area contributed by atoms with Gasteiger partial charge in [0, 0.05) is 47.7 Å². The maximum Gasteiger partial charge on any atom is 0.266 e. The first-order valence-corrected chi connectivity index (χ1v) is 15.1. The molecule has 0 spiro atoms. The second kappa shape index (κ2) is 14.6. The van der Waals surface area contributed by atoms with Crippen LogP contribution in [0.25, 0.3) is 10.4 Å². The summed E-state index contributed by atoms with van der Waals surface area (Å²) in [5.74, 6) is -0.662. The first-order valence-electron chi connectivity index (χ1n) is 13.5. The van der Waals surface area contributed by atoms with Gasteiger partial charge >= 0.3 is 0 Å². The largest absolute Gasteiger partial charge is 0.494 e. The molecule has 1 aliphatic rings. The number of halogens is 1. The molecule has 3 aromatic rings. The van der Waals surface area contributed by atoms with E-state index in [9.17, 15) is 23.1 Å². The summed E-state index contributed by atoms with van der Waals surface area (Å²) in [6.07, 6.45) is -1.08. The highest BCUT2D eigenvalue weighted by Gasteiger charge is 2.54. The maximum absolute atomic E-state index is 13.9. The van der Waals surface area contributed by atoms with Gasteiger partial charge in [-0.25, -0.2) is 23.2 Å². The van der Waals surface area contributed by atoms with Gasteiger partial charge in [-0.3, -0.25) is 10.2 Å². The van der Waals surface area contributed by atoms with Crippen molar-refractivity contribution in [3.63, 3.8) is 0 Å². The monoisotopic (exact) mass is 610 g/mol. The van der Waals surface area contributed by atoms with Crippen molar-refractivity contribution in [2.75, 3.05) is 32.2 Å². The van der Waals surface area contributed by atoms with E-state index in [0.29, 0.717) is 29.9 Å². The average Bonchev–Trinajstić information content (AvgIpc) is 3.42. The lowest BCUT2D eigenvalue weighted by molar-refractivity contribution is -0.130. The first kappa shape index (κ1) is 31.4. The van der Waals surface area contributed by atoms with Crippen LogP contribution in [0.15, 0.2) is 93.9 Å². The molecule has 12 nitrogen and oxygen atoms in total. The van der Waals surface area contributed by atoms with Gasteiger partial charge in [0.15, 0.2) is 21.5 Å². The molecule has 0 aliphatic carbocycles. The lowest BCUT2D eigenvalue weighted by atomic mass is 9.84. The van der Waals surface area contributed by atoms with Crippen molar-refractivity contribution < 1.29 is 32.2 Å². The van der Waals surface area contributed by atoms with Crippen molar-refractivity contribution in [2.24, 2.45) is 10.1 Å². The zero-order valence-corrected chi connectivity index (χ0v) is 23.9. The summed E-state index contributed by atoms with van der Waals surface area (Å²) in [5, 5.41) is 12.7. The minimum atomic E-state index is -3.87. The predicted octanol–water partition coefficient (Wildman–Crippen LogP) is 4.10. The Morgan fingerprint density at radius 1 is 1.12 bits per heavy atom. The molecule has 43 heavy (non-hydrogen) atoms. The number of hydrogen-bond donors (Lipinski definition) is 3. The summed E-state index contributed by atoms with van der Waals surface area (Å²) < 4.78 is 51.5. The van der Waals surface area contributed by atoms with Crippen LogP contribution in [0.3, 0.4) is 0 Å². The molecule has 14 heteroatoms. The number of sulfone groups is 1. The highest BCUT2D eigenvalue weighted by atomic mass is 32.2. The SMILES string of the molecule is [N-]=[N+]=Nc1ccccc1[C@@H]1OC(c2ccc(OCCCO)cc2)=N[C@]1(CCS(=O)(=O)c1ccccc1)C(=O)NNCCF. The Hall–Kier alpha value is -4.49. The van der Waals surface area contributed by atoms with Crippen molar-refractivity contribution >= 4 is 27.3 Å².